The second kappa shape index (κ2) is 4.65. The van der Waals surface area contributed by atoms with Crippen molar-refractivity contribution in [3.05, 3.63) is 27.3 Å². The summed E-state index contributed by atoms with van der Waals surface area (Å²) in [4.78, 5) is 11.0. The fourth-order valence-corrected chi connectivity index (χ4v) is 1.66. The first-order valence-electron chi connectivity index (χ1n) is 4.51. The summed E-state index contributed by atoms with van der Waals surface area (Å²) in [7, 11) is 1.60. The molecule has 1 heterocycles. The average Bonchev–Trinajstić information content (AvgIpc) is 2.67. The van der Waals surface area contributed by atoms with Crippen LogP contribution >= 0.6 is 22.6 Å². The van der Waals surface area contributed by atoms with Crippen molar-refractivity contribution in [3.8, 4) is 11.8 Å². The molecule has 0 spiro atoms. The van der Waals surface area contributed by atoms with E-state index in [-0.39, 0.29) is 17.3 Å². The van der Waals surface area contributed by atoms with Gasteiger partial charge in [-0.2, -0.15) is 4.68 Å². The van der Waals surface area contributed by atoms with Crippen LogP contribution in [0.5, 0.6) is 11.8 Å². The van der Waals surface area contributed by atoms with Crippen molar-refractivity contribution in [2.45, 2.75) is 0 Å². The zero-order valence-electron chi connectivity index (χ0n) is 8.66. The van der Waals surface area contributed by atoms with Gasteiger partial charge in [-0.15, -0.1) is 0 Å². The van der Waals surface area contributed by atoms with E-state index in [1.54, 1.807) is 19.2 Å². The predicted octanol–water partition coefficient (Wildman–Crippen LogP) is 1.31. The van der Waals surface area contributed by atoms with Gasteiger partial charge in [-0.05, 0) is 51.2 Å². The lowest BCUT2D eigenvalue weighted by Crippen LogP contribution is -2.03. The standard InChI is InChI=1S/C9H7IN4O3/c1-14-9(11-12-13-14)17-7-3-2-5(10)4-6(7)8(15)16/h2-4H,1H3,(H,15,16). The summed E-state index contributed by atoms with van der Waals surface area (Å²) >= 11 is 2.03. The molecule has 0 bridgehead atoms. The van der Waals surface area contributed by atoms with Crippen LogP contribution in [0.1, 0.15) is 10.4 Å². The summed E-state index contributed by atoms with van der Waals surface area (Å²) in [5, 5.41) is 19.7. The highest BCUT2D eigenvalue weighted by Gasteiger charge is 2.14. The third kappa shape index (κ3) is 2.52. The van der Waals surface area contributed by atoms with Crippen LogP contribution in [0, 0.1) is 3.57 Å². The lowest BCUT2D eigenvalue weighted by atomic mass is 10.2. The van der Waals surface area contributed by atoms with Crippen molar-refractivity contribution in [1.29, 1.82) is 0 Å². The van der Waals surface area contributed by atoms with Crippen molar-refractivity contribution in [3.63, 3.8) is 0 Å². The van der Waals surface area contributed by atoms with E-state index >= 15 is 0 Å². The van der Waals surface area contributed by atoms with Crippen molar-refractivity contribution in [2.75, 3.05) is 0 Å². The summed E-state index contributed by atoms with van der Waals surface area (Å²) in [6.45, 7) is 0. The Hall–Kier alpha value is -1.71. The quantitative estimate of drug-likeness (QED) is 0.843. The number of carbonyl (C=O) groups is 1. The monoisotopic (exact) mass is 346 g/mol. The Morgan fingerprint density at radius 2 is 2.29 bits per heavy atom. The third-order valence-corrected chi connectivity index (χ3v) is 2.63. The Labute approximate surface area is 110 Å². The number of carboxylic acids is 1. The molecule has 0 atom stereocenters. The lowest BCUT2D eigenvalue weighted by Gasteiger charge is -2.06. The topological polar surface area (TPSA) is 90.1 Å². The minimum atomic E-state index is -1.06. The number of aryl methyl sites for hydroxylation is 1. The number of aromatic carboxylic acids is 1. The van der Waals surface area contributed by atoms with E-state index in [1.165, 1.54) is 10.7 Å². The molecular formula is C9H7IN4O3. The van der Waals surface area contributed by atoms with Crippen molar-refractivity contribution in [2.24, 2.45) is 7.05 Å². The maximum absolute atomic E-state index is 11.0. The zero-order valence-corrected chi connectivity index (χ0v) is 10.8. The minimum Gasteiger partial charge on any atom is -0.478 e. The van der Waals surface area contributed by atoms with Crippen LogP contribution in [0.25, 0.3) is 0 Å². The molecule has 17 heavy (non-hydrogen) atoms. The molecule has 2 rings (SSSR count). The van der Waals surface area contributed by atoms with Gasteiger partial charge in [0.05, 0.1) is 0 Å². The normalized spacial score (nSPS) is 10.2. The van der Waals surface area contributed by atoms with Crippen LogP contribution in [0.3, 0.4) is 0 Å². The van der Waals surface area contributed by atoms with Crippen LogP contribution in [-0.4, -0.2) is 31.3 Å². The van der Waals surface area contributed by atoms with Gasteiger partial charge in [0.25, 0.3) is 0 Å². The first-order valence-corrected chi connectivity index (χ1v) is 5.59. The molecule has 2 aromatic rings. The highest BCUT2D eigenvalue weighted by atomic mass is 127. The molecule has 0 saturated heterocycles. The van der Waals surface area contributed by atoms with Crippen LogP contribution in [0.4, 0.5) is 0 Å². The molecule has 0 amide bonds. The van der Waals surface area contributed by atoms with Crippen molar-refractivity contribution < 1.29 is 14.6 Å². The second-order valence-electron chi connectivity index (χ2n) is 3.13. The minimum absolute atomic E-state index is 0.0694. The highest BCUT2D eigenvalue weighted by molar-refractivity contribution is 14.1. The maximum atomic E-state index is 11.0. The third-order valence-electron chi connectivity index (χ3n) is 1.95. The van der Waals surface area contributed by atoms with Crippen LogP contribution in [0.2, 0.25) is 0 Å². The molecule has 0 aliphatic heterocycles. The van der Waals surface area contributed by atoms with E-state index in [0.29, 0.717) is 0 Å². The van der Waals surface area contributed by atoms with Gasteiger partial charge in [-0.25, -0.2) is 4.79 Å². The molecule has 88 valence electrons. The number of ether oxygens (including phenoxy) is 1. The van der Waals surface area contributed by atoms with Gasteiger partial charge >= 0.3 is 12.0 Å². The summed E-state index contributed by atoms with van der Waals surface area (Å²) in [6.07, 6.45) is 0. The first kappa shape index (κ1) is 11.8. The Morgan fingerprint density at radius 1 is 1.53 bits per heavy atom. The molecule has 0 saturated carbocycles. The number of hydrogen-bond donors (Lipinski definition) is 1. The van der Waals surface area contributed by atoms with E-state index in [0.717, 1.165) is 3.57 Å². The Morgan fingerprint density at radius 3 is 2.88 bits per heavy atom. The van der Waals surface area contributed by atoms with Gasteiger partial charge in [0, 0.05) is 10.6 Å². The zero-order chi connectivity index (χ0) is 12.4. The summed E-state index contributed by atoms with van der Waals surface area (Å²) in [6, 6.07) is 4.96. The highest BCUT2D eigenvalue weighted by Crippen LogP contribution is 2.25. The Bertz CT molecular complexity index is 569. The van der Waals surface area contributed by atoms with Crippen molar-refractivity contribution in [1.82, 2.24) is 20.2 Å². The van der Waals surface area contributed by atoms with Gasteiger partial charge in [-0.3, -0.25) is 0 Å². The summed E-state index contributed by atoms with van der Waals surface area (Å²) in [5.74, 6) is -0.857. The number of benzene rings is 1. The van der Waals surface area contributed by atoms with E-state index in [4.69, 9.17) is 9.84 Å². The molecule has 0 radical (unpaired) electrons. The van der Waals surface area contributed by atoms with Crippen molar-refractivity contribution >= 4 is 28.6 Å². The fourth-order valence-electron chi connectivity index (χ4n) is 1.16. The van der Waals surface area contributed by atoms with Gasteiger partial charge < -0.3 is 9.84 Å². The number of nitrogens with zero attached hydrogens (tertiary/aromatic N) is 4. The largest absolute Gasteiger partial charge is 0.478 e. The SMILES string of the molecule is Cn1nnnc1Oc1ccc(I)cc1C(=O)O. The van der Waals surface area contributed by atoms with E-state index in [1.807, 2.05) is 22.6 Å². The second-order valence-corrected chi connectivity index (χ2v) is 4.38. The van der Waals surface area contributed by atoms with Gasteiger partial charge in [0.15, 0.2) is 0 Å². The molecular weight excluding hydrogens is 339 g/mol. The molecule has 0 aliphatic carbocycles. The molecule has 0 unspecified atom stereocenters. The van der Waals surface area contributed by atoms with Gasteiger partial charge in [0.1, 0.15) is 11.3 Å². The van der Waals surface area contributed by atoms with Gasteiger partial charge in [0.2, 0.25) is 0 Å². The number of tetrazole rings is 1. The number of aromatic nitrogens is 4. The van der Waals surface area contributed by atoms with Crippen LogP contribution < -0.4 is 4.74 Å². The number of carboxylic acid groups (broad SMARTS) is 1. The average molecular weight is 346 g/mol. The molecule has 7 nitrogen and oxygen atoms in total. The van der Waals surface area contributed by atoms with E-state index in [9.17, 15) is 4.79 Å². The number of rotatable bonds is 3. The smallest absolute Gasteiger partial charge is 0.340 e. The van der Waals surface area contributed by atoms with Gasteiger partial charge in [-0.1, -0.05) is 5.10 Å². The van der Waals surface area contributed by atoms with E-state index < -0.39 is 5.97 Å². The predicted molar refractivity (Wildman–Crippen MR) is 65.0 cm³/mol. The summed E-state index contributed by atoms with van der Waals surface area (Å²) in [5.41, 5.74) is 0.0694. The Kier molecular flexibility index (Phi) is 3.22. The lowest BCUT2D eigenvalue weighted by molar-refractivity contribution is 0.0694. The molecule has 1 N–H and O–H groups in total. The fraction of sp³-hybridized carbons (Fsp3) is 0.111. The molecule has 8 heteroatoms. The maximum Gasteiger partial charge on any atom is 0.340 e. The Balaban J connectivity index is 2.39. The molecule has 1 aromatic heterocycles. The molecule has 0 fully saturated rings. The first-order chi connectivity index (χ1) is 8.08. The number of halogens is 1. The number of hydrogen-bond acceptors (Lipinski definition) is 5. The van der Waals surface area contributed by atoms with Crippen LogP contribution in [-0.2, 0) is 7.05 Å². The van der Waals surface area contributed by atoms with E-state index in [2.05, 4.69) is 15.5 Å². The van der Waals surface area contributed by atoms with Crippen LogP contribution in [0.15, 0.2) is 18.2 Å². The molecule has 1 aromatic carbocycles. The molecule has 0 aliphatic rings. The summed E-state index contributed by atoms with van der Waals surface area (Å²) < 4.78 is 7.46.